The number of thiazole rings is 1. The summed E-state index contributed by atoms with van der Waals surface area (Å²) >= 11 is 1.54. The van der Waals surface area contributed by atoms with E-state index in [1.54, 1.807) is 6.20 Å². The van der Waals surface area contributed by atoms with Crippen LogP contribution in [0, 0.1) is 21.4 Å². The highest BCUT2D eigenvalue weighted by molar-refractivity contribution is 7.09. The van der Waals surface area contributed by atoms with E-state index in [1.807, 2.05) is 11.4 Å². The fraction of sp³-hybridized carbons (Fsp3) is 0.167. The van der Waals surface area contributed by atoms with Crippen molar-refractivity contribution in [2.75, 3.05) is 11.9 Å². The van der Waals surface area contributed by atoms with Gasteiger partial charge in [0, 0.05) is 30.6 Å². The molecule has 2 aromatic rings. The molecule has 6 nitrogen and oxygen atoms in total. The van der Waals surface area contributed by atoms with Gasteiger partial charge in [-0.2, -0.15) is 5.26 Å². The zero-order chi connectivity index (χ0) is 13.7. The first kappa shape index (κ1) is 13.0. The lowest BCUT2D eigenvalue weighted by Crippen LogP contribution is -2.07. The van der Waals surface area contributed by atoms with Crippen LogP contribution >= 0.6 is 11.3 Å². The standard InChI is InChI=1S/C12H10N4O2S/c13-8-9-1-2-11(16(17)18)10(7-9)14-4-3-12-15-5-6-19-12/h1-2,5-7,14H,3-4H2. The van der Waals surface area contributed by atoms with Gasteiger partial charge in [-0.25, -0.2) is 4.98 Å². The van der Waals surface area contributed by atoms with E-state index in [0.717, 1.165) is 5.01 Å². The first-order valence-electron chi connectivity index (χ1n) is 5.51. The molecular weight excluding hydrogens is 264 g/mol. The predicted molar refractivity (Wildman–Crippen MR) is 72.1 cm³/mol. The fourth-order valence-corrected chi connectivity index (χ4v) is 2.21. The Kier molecular flexibility index (Phi) is 4.05. The minimum Gasteiger partial charge on any atom is -0.379 e. The maximum atomic E-state index is 10.9. The van der Waals surface area contributed by atoms with Crippen molar-refractivity contribution >= 4 is 22.7 Å². The van der Waals surface area contributed by atoms with Gasteiger partial charge < -0.3 is 5.32 Å². The molecule has 0 radical (unpaired) electrons. The van der Waals surface area contributed by atoms with E-state index < -0.39 is 4.92 Å². The normalized spacial score (nSPS) is 9.84. The van der Waals surface area contributed by atoms with E-state index in [9.17, 15) is 10.1 Å². The Morgan fingerprint density at radius 2 is 2.37 bits per heavy atom. The van der Waals surface area contributed by atoms with Gasteiger partial charge in [0.25, 0.3) is 5.69 Å². The van der Waals surface area contributed by atoms with Crippen molar-refractivity contribution in [1.29, 1.82) is 5.26 Å². The largest absolute Gasteiger partial charge is 0.379 e. The molecule has 0 spiro atoms. The molecule has 0 aliphatic carbocycles. The summed E-state index contributed by atoms with van der Waals surface area (Å²) in [7, 11) is 0. The Balaban J connectivity index is 2.09. The molecule has 2 rings (SSSR count). The molecule has 19 heavy (non-hydrogen) atoms. The van der Waals surface area contributed by atoms with Gasteiger partial charge in [-0.15, -0.1) is 11.3 Å². The lowest BCUT2D eigenvalue weighted by molar-refractivity contribution is -0.384. The third kappa shape index (κ3) is 3.26. The average Bonchev–Trinajstić information content (AvgIpc) is 2.91. The molecule has 96 valence electrons. The second-order valence-electron chi connectivity index (χ2n) is 3.70. The van der Waals surface area contributed by atoms with Crippen molar-refractivity contribution in [1.82, 2.24) is 4.98 Å². The van der Waals surface area contributed by atoms with Crippen molar-refractivity contribution in [3.63, 3.8) is 0 Å². The van der Waals surface area contributed by atoms with Gasteiger partial charge in [-0.05, 0) is 12.1 Å². The molecule has 0 saturated heterocycles. The second kappa shape index (κ2) is 5.93. The van der Waals surface area contributed by atoms with Crippen LogP contribution in [-0.2, 0) is 6.42 Å². The molecule has 0 atom stereocenters. The Labute approximate surface area is 113 Å². The van der Waals surface area contributed by atoms with E-state index in [0.29, 0.717) is 24.2 Å². The summed E-state index contributed by atoms with van der Waals surface area (Å²) in [6.07, 6.45) is 2.41. The summed E-state index contributed by atoms with van der Waals surface area (Å²) in [5, 5.41) is 25.5. The number of benzene rings is 1. The number of rotatable bonds is 5. The van der Waals surface area contributed by atoms with Crippen molar-refractivity contribution in [3.05, 3.63) is 50.5 Å². The molecule has 0 aliphatic heterocycles. The van der Waals surface area contributed by atoms with E-state index in [2.05, 4.69) is 10.3 Å². The lowest BCUT2D eigenvalue weighted by atomic mass is 10.2. The van der Waals surface area contributed by atoms with Crippen molar-refractivity contribution in [2.45, 2.75) is 6.42 Å². The number of anilines is 1. The van der Waals surface area contributed by atoms with Gasteiger partial charge in [0.2, 0.25) is 0 Å². The minimum absolute atomic E-state index is 0.0295. The number of nitro groups is 1. The highest BCUT2D eigenvalue weighted by Crippen LogP contribution is 2.25. The van der Waals surface area contributed by atoms with Crippen LogP contribution in [0.5, 0.6) is 0 Å². The quantitative estimate of drug-likeness (QED) is 0.668. The summed E-state index contributed by atoms with van der Waals surface area (Å²) in [5.41, 5.74) is 0.723. The fourth-order valence-electron chi connectivity index (χ4n) is 1.59. The molecule has 0 amide bonds. The van der Waals surface area contributed by atoms with Gasteiger partial charge in [0.15, 0.2) is 0 Å². The van der Waals surface area contributed by atoms with E-state index in [4.69, 9.17) is 5.26 Å². The van der Waals surface area contributed by atoms with Crippen LogP contribution < -0.4 is 5.32 Å². The van der Waals surface area contributed by atoms with Gasteiger partial charge in [-0.3, -0.25) is 10.1 Å². The van der Waals surface area contributed by atoms with Gasteiger partial charge in [0.05, 0.1) is 21.6 Å². The Hall–Kier alpha value is -2.46. The molecule has 1 N–H and O–H groups in total. The summed E-state index contributed by atoms with van der Waals surface area (Å²) in [5.74, 6) is 0. The molecular formula is C12H10N4O2S. The minimum atomic E-state index is -0.465. The second-order valence-corrected chi connectivity index (χ2v) is 4.68. The molecule has 0 saturated carbocycles. The van der Waals surface area contributed by atoms with Crippen LogP contribution in [-0.4, -0.2) is 16.5 Å². The Morgan fingerprint density at radius 1 is 1.53 bits per heavy atom. The van der Waals surface area contributed by atoms with E-state index in [-0.39, 0.29) is 5.69 Å². The van der Waals surface area contributed by atoms with Gasteiger partial charge in [-0.1, -0.05) is 0 Å². The van der Waals surface area contributed by atoms with E-state index in [1.165, 1.54) is 29.5 Å². The molecule has 7 heteroatoms. The number of nitrogens with zero attached hydrogens (tertiary/aromatic N) is 3. The highest BCUT2D eigenvalue weighted by Gasteiger charge is 2.13. The first-order valence-corrected chi connectivity index (χ1v) is 6.39. The summed E-state index contributed by atoms with van der Waals surface area (Å²) < 4.78 is 0. The molecule has 0 bridgehead atoms. The zero-order valence-electron chi connectivity index (χ0n) is 9.87. The first-order chi connectivity index (χ1) is 9.20. The maximum absolute atomic E-state index is 10.9. The number of nitriles is 1. The number of nitro benzene ring substituents is 1. The van der Waals surface area contributed by atoms with Gasteiger partial charge in [0.1, 0.15) is 5.69 Å². The van der Waals surface area contributed by atoms with Crippen LogP contribution in [0.2, 0.25) is 0 Å². The van der Waals surface area contributed by atoms with Crippen LogP contribution in [0.4, 0.5) is 11.4 Å². The third-order valence-corrected chi connectivity index (χ3v) is 3.30. The lowest BCUT2D eigenvalue weighted by Gasteiger charge is -2.06. The van der Waals surface area contributed by atoms with Gasteiger partial charge >= 0.3 is 0 Å². The number of nitrogens with one attached hydrogen (secondary N) is 1. The topological polar surface area (TPSA) is 91.8 Å². The summed E-state index contributed by atoms with van der Waals surface area (Å²) in [6.45, 7) is 0.531. The van der Waals surface area contributed by atoms with Crippen LogP contribution in [0.3, 0.4) is 0 Å². The predicted octanol–water partition coefficient (Wildman–Crippen LogP) is 2.58. The molecule has 1 heterocycles. The van der Waals surface area contributed by atoms with Crippen LogP contribution in [0.25, 0.3) is 0 Å². The maximum Gasteiger partial charge on any atom is 0.292 e. The SMILES string of the molecule is N#Cc1ccc([N+](=O)[O-])c(NCCc2nccs2)c1. The van der Waals surface area contributed by atoms with Crippen molar-refractivity contribution in [2.24, 2.45) is 0 Å². The number of hydrogen-bond acceptors (Lipinski definition) is 6. The number of aromatic nitrogens is 1. The highest BCUT2D eigenvalue weighted by atomic mass is 32.1. The third-order valence-electron chi connectivity index (χ3n) is 2.46. The summed E-state index contributed by atoms with van der Waals surface area (Å²) in [6, 6.07) is 6.22. The van der Waals surface area contributed by atoms with Crippen molar-refractivity contribution in [3.8, 4) is 6.07 Å². The zero-order valence-corrected chi connectivity index (χ0v) is 10.7. The summed E-state index contributed by atoms with van der Waals surface area (Å²) in [4.78, 5) is 14.6. The Bertz CT molecular complexity index is 619. The molecule has 0 aliphatic rings. The monoisotopic (exact) mass is 274 g/mol. The molecule has 1 aromatic heterocycles. The number of hydrogen-bond donors (Lipinski definition) is 1. The molecule has 1 aromatic carbocycles. The van der Waals surface area contributed by atoms with E-state index >= 15 is 0 Å². The van der Waals surface area contributed by atoms with Crippen LogP contribution in [0.1, 0.15) is 10.6 Å². The molecule has 0 unspecified atom stereocenters. The van der Waals surface area contributed by atoms with Crippen molar-refractivity contribution < 1.29 is 4.92 Å². The van der Waals surface area contributed by atoms with Crippen LogP contribution in [0.15, 0.2) is 29.8 Å². The Morgan fingerprint density at radius 3 is 3.00 bits per heavy atom. The smallest absolute Gasteiger partial charge is 0.292 e. The average molecular weight is 274 g/mol. The molecule has 0 fully saturated rings.